The van der Waals surface area contributed by atoms with Gasteiger partial charge in [0.15, 0.2) is 0 Å². The zero-order valence-electron chi connectivity index (χ0n) is 12.9. The molecule has 0 aliphatic carbocycles. The third-order valence-electron chi connectivity index (χ3n) is 3.44. The highest BCUT2D eigenvalue weighted by Crippen LogP contribution is 2.26. The van der Waals surface area contributed by atoms with Gasteiger partial charge in [0, 0.05) is 42.6 Å². The van der Waals surface area contributed by atoms with E-state index in [1.54, 1.807) is 7.11 Å². The fourth-order valence-corrected chi connectivity index (χ4v) is 2.39. The van der Waals surface area contributed by atoms with Crippen LogP contribution in [0, 0.1) is 6.92 Å². The summed E-state index contributed by atoms with van der Waals surface area (Å²) in [5, 5.41) is 4.16. The van der Waals surface area contributed by atoms with Crippen molar-refractivity contribution in [2.45, 2.75) is 13.5 Å². The Morgan fingerprint density at radius 2 is 1.90 bits per heavy atom. The number of halogens is 1. The second-order valence-corrected chi connectivity index (χ2v) is 5.64. The summed E-state index contributed by atoms with van der Waals surface area (Å²) in [6.07, 6.45) is 0. The second-order valence-electron chi connectivity index (χ2n) is 5.20. The summed E-state index contributed by atoms with van der Waals surface area (Å²) < 4.78 is 5.36. The van der Waals surface area contributed by atoms with Crippen LogP contribution in [0.2, 0.25) is 5.02 Å². The van der Waals surface area contributed by atoms with Gasteiger partial charge < -0.3 is 15.0 Å². The molecular formula is C17H21ClN2O. The van der Waals surface area contributed by atoms with Gasteiger partial charge in [0.1, 0.15) is 5.75 Å². The maximum atomic E-state index is 6.05. The summed E-state index contributed by atoms with van der Waals surface area (Å²) in [6.45, 7) is 2.77. The van der Waals surface area contributed by atoms with Gasteiger partial charge in [-0.25, -0.2) is 0 Å². The van der Waals surface area contributed by atoms with Gasteiger partial charge in [0.2, 0.25) is 0 Å². The van der Waals surface area contributed by atoms with Gasteiger partial charge in [0.05, 0.1) is 7.11 Å². The number of ether oxygens (including phenoxy) is 1. The molecule has 0 aromatic heterocycles. The van der Waals surface area contributed by atoms with Crippen molar-refractivity contribution in [3.05, 3.63) is 52.5 Å². The Morgan fingerprint density at radius 3 is 2.52 bits per heavy atom. The summed E-state index contributed by atoms with van der Waals surface area (Å²) in [5.74, 6) is 0.842. The third kappa shape index (κ3) is 3.82. The van der Waals surface area contributed by atoms with Gasteiger partial charge in [-0.3, -0.25) is 0 Å². The number of anilines is 2. The zero-order valence-corrected chi connectivity index (χ0v) is 13.7. The average molecular weight is 305 g/mol. The van der Waals surface area contributed by atoms with E-state index in [0.717, 1.165) is 17.0 Å². The van der Waals surface area contributed by atoms with Crippen LogP contribution >= 0.6 is 11.6 Å². The van der Waals surface area contributed by atoms with Crippen molar-refractivity contribution in [2.75, 3.05) is 31.4 Å². The molecule has 0 aliphatic rings. The minimum absolute atomic E-state index is 0.673. The standard InChI is InChI=1S/C17H21ClN2O/c1-12-9-15(20(2)3)6-7-16(12)19-11-13-10-14(18)5-8-17(13)21-4/h5-10,19H,11H2,1-4H3. The maximum absolute atomic E-state index is 6.05. The van der Waals surface area contributed by atoms with Gasteiger partial charge >= 0.3 is 0 Å². The van der Waals surface area contributed by atoms with Crippen LogP contribution in [0.1, 0.15) is 11.1 Å². The number of rotatable bonds is 5. The Kier molecular flexibility index (Phi) is 4.97. The monoisotopic (exact) mass is 304 g/mol. The summed E-state index contributed by atoms with van der Waals surface area (Å²) in [4.78, 5) is 2.09. The van der Waals surface area contributed by atoms with Crippen LogP contribution < -0.4 is 15.0 Å². The van der Waals surface area contributed by atoms with Crippen LogP contribution in [-0.2, 0) is 6.54 Å². The minimum Gasteiger partial charge on any atom is -0.496 e. The van der Waals surface area contributed by atoms with E-state index in [1.807, 2.05) is 32.3 Å². The summed E-state index contributed by atoms with van der Waals surface area (Å²) in [5.41, 5.74) is 4.56. The lowest BCUT2D eigenvalue weighted by Crippen LogP contribution is -2.09. The van der Waals surface area contributed by atoms with E-state index in [4.69, 9.17) is 16.3 Å². The molecule has 2 rings (SSSR count). The molecule has 0 spiro atoms. The second kappa shape index (κ2) is 6.72. The Hall–Kier alpha value is -1.87. The first-order chi connectivity index (χ1) is 10.0. The summed E-state index contributed by atoms with van der Waals surface area (Å²) in [6, 6.07) is 12.0. The minimum atomic E-state index is 0.673. The molecule has 2 aromatic carbocycles. The molecule has 0 heterocycles. The van der Waals surface area contributed by atoms with E-state index in [2.05, 4.69) is 35.3 Å². The molecule has 21 heavy (non-hydrogen) atoms. The molecule has 0 radical (unpaired) electrons. The van der Waals surface area contributed by atoms with E-state index < -0.39 is 0 Å². The van der Waals surface area contributed by atoms with Gasteiger partial charge in [-0.15, -0.1) is 0 Å². The first-order valence-corrected chi connectivity index (χ1v) is 7.23. The molecule has 0 fully saturated rings. The largest absolute Gasteiger partial charge is 0.496 e. The Balaban J connectivity index is 2.15. The van der Waals surface area contributed by atoms with E-state index in [0.29, 0.717) is 11.6 Å². The molecule has 4 heteroatoms. The van der Waals surface area contributed by atoms with Crippen molar-refractivity contribution in [3.8, 4) is 5.75 Å². The number of nitrogens with one attached hydrogen (secondary N) is 1. The van der Waals surface area contributed by atoms with Crippen molar-refractivity contribution in [3.63, 3.8) is 0 Å². The van der Waals surface area contributed by atoms with E-state index in [9.17, 15) is 0 Å². The van der Waals surface area contributed by atoms with Gasteiger partial charge in [-0.1, -0.05) is 11.6 Å². The Morgan fingerprint density at radius 1 is 1.14 bits per heavy atom. The lowest BCUT2D eigenvalue weighted by Gasteiger charge is -2.16. The number of hydrogen-bond acceptors (Lipinski definition) is 3. The van der Waals surface area contributed by atoms with E-state index in [1.165, 1.54) is 11.3 Å². The number of hydrogen-bond donors (Lipinski definition) is 1. The molecule has 112 valence electrons. The van der Waals surface area contributed by atoms with Gasteiger partial charge in [0.25, 0.3) is 0 Å². The van der Waals surface area contributed by atoms with Crippen molar-refractivity contribution in [2.24, 2.45) is 0 Å². The third-order valence-corrected chi connectivity index (χ3v) is 3.67. The molecule has 3 nitrogen and oxygen atoms in total. The predicted octanol–water partition coefficient (Wildman–Crippen LogP) is 4.34. The molecule has 0 amide bonds. The fraction of sp³-hybridized carbons (Fsp3) is 0.294. The molecule has 0 saturated carbocycles. The number of aryl methyl sites for hydroxylation is 1. The average Bonchev–Trinajstić information content (AvgIpc) is 2.46. The smallest absolute Gasteiger partial charge is 0.123 e. The molecule has 0 bridgehead atoms. The highest BCUT2D eigenvalue weighted by molar-refractivity contribution is 6.30. The van der Waals surface area contributed by atoms with Crippen molar-refractivity contribution < 1.29 is 4.74 Å². The lowest BCUT2D eigenvalue weighted by atomic mass is 10.1. The highest BCUT2D eigenvalue weighted by Gasteiger charge is 2.06. The first-order valence-electron chi connectivity index (χ1n) is 6.85. The van der Waals surface area contributed by atoms with Gasteiger partial charge in [-0.05, 0) is 48.9 Å². The van der Waals surface area contributed by atoms with Gasteiger partial charge in [-0.2, -0.15) is 0 Å². The highest BCUT2D eigenvalue weighted by atomic mass is 35.5. The van der Waals surface area contributed by atoms with Crippen LogP contribution in [0.4, 0.5) is 11.4 Å². The van der Waals surface area contributed by atoms with Crippen LogP contribution in [0.5, 0.6) is 5.75 Å². The van der Waals surface area contributed by atoms with Crippen molar-refractivity contribution >= 4 is 23.0 Å². The summed E-state index contributed by atoms with van der Waals surface area (Å²) >= 11 is 6.05. The van der Waals surface area contributed by atoms with Crippen LogP contribution in [0.25, 0.3) is 0 Å². The lowest BCUT2D eigenvalue weighted by molar-refractivity contribution is 0.410. The molecule has 2 aromatic rings. The Bertz CT molecular complexity index is 626. The van der Waals surface area contributed by atoms with Crippen LogP contribution in [0.15, 0.2) is 36.4 Å². The molecule has 0 saturated heterocycles. The predicted molar refractivity (Wildman–Crippen MR) is 90.8 cm³/mol. The Labute approximate surface area is 131 Å². The van der Waals surface area contributed by atoms with Crippen molar-refractivity contribution in [1.29, 1.82) is 0 Å². The number of nitrogens with zero attached hydrogens (tertiary/aromatic N) is 1. The summed E-state index contributed by atoms with van der Waals surface area (Å²) in [7, 11) is 5.75. The molecule has 0 aliphatic heterocycles. The molecule has 0 atom stereocenters. The van der Waals surface area contributed by atoms with Crippen molar-refractivity contribution in [1.82, 2.24) is 0 Å². The zero-order chi connectivity index (χ0) is 15.4. The quantitative estimate of drug-likeness (QED) is 0.889. The number of methoxy groups -OCH3 is 1. The SMILES string of the molecule is COc1ccc(Cl)cc1CNc1ccc(N(C)C)cc1C. The van der Waals surface area contributed by atoms with Crippen LogP contribution in [0.3, 0.4) is 0 Å². The van der Waals surface area contributed by atoms with E-state index >= 15 is 0 Å². The number of benzene rings is 2. The first kappa shape index (κ1) is 15.5. The normalized spacial score (nSPS) is 10.3. The molecule has 1 N–H and O–H groups in total. The molecule has 0 unspecified atom stereocenters. The topological polar surface area (TPSA) is 24.5 Å². The molecular weight excluding hydrogens is 284 g/mol. The maximum Gasteiger partial charge on any atom is 0.123 e. The van der Waals surface area contributed by atoms with E-state index in [-0.39, 0.29) is 0 Å². The van der Waals surface area contributed by atoms with Crippen LogP contribution in [-0.4, -0.2) is 21.2 Å². The fourth-order valence-electron chi connectivity index (χ4n) is 2.20.